The summed E-state index contributed by atoms with van der Waals surface area (Å²) in [6, 6.07) is 14.1. The molecule has 6 nitrogen and oxygen atoms in total. The van der Waals surface area contributed by atoms with E-state index in [0.717, 1.165) is 58.6 Å². The first-order valence-electron chi connectivity index (χ1n) is 10.5. The van der Waals surface area contributed by atoms with Crippen molar-refractivity contribution < 1.29 is 19.0 Å². The molecule has 0 aliphatic carbocycles. The Kier molecular flexibility index (Phi) is 6.09. The zero-order valence-corrected chi connectivity index (χ0v) is 18.5. The second kappa shape index (κ2) is 8.94. The molecule has 1 aliphatic rings. The Labute approximate surface area is 182 Å². The molecular formula is C25H28N2O4. The number of hydrogen-bond acceptors (Lipinski definition) is 6. The summed E-state index contributed by atoms with van der Waals surface area (Å²) in [4.78, 5) is 19.9. The van der Waals surface area contributed by atoms with Crippen molar-refractivity contribution in [2.45, 2.75) is 32.4 Å². The van der Waals surface area contributed by atoms with E-state index < -0.39 is 0 Å². The van der Waals surface area contributed by atoms with E-state index in [0.29, 0.717) is 12.1 Å². The van der Waals surface area contributed by atoms with Crippen molar-refractivity contribution in [1.82, 2.24) is 9.88 Å². The van der Waals surface area contributed by atoms with E-state index >= 15 is 0 Å². The first kappa shape index (κ1) is 21.1. The van der Waals surface area contributed by atoms with Gasteiger partial charge in [-0.3, -0.25) is 9.88 Å². The minimum Gasteiger partial charge on any atom is -0.497 e. The maximum absolute atomic E-state index is 12.7. The molecule has 1 saturated heterocycles. The number of rotatable bonds is 6. The Bertz CT molecular complexity index is 1110. The zero-order chi connectivity index (χ0) is 22.0. The van der Waals surface area contributed by atoms with Gasteiger partial charge in [0.1, 0.15) is 11.5 Å². The maximum atomic E-state index is 12.7. The van der Waals surface area contributed by atoms with E-state index in [-0.39, 0.29) is 12.0 Å². The summed E-state index contributed by atoms with van der Waals surface area (Å²) in [5.74, 6) is 1.24. The Hall–Kier alpha value is -3.12. The van der Waals surface area contributed by atoms with Gasteiger partial charge in [-0.05, 0) is 44.0 Å². The molecule has 0 N–H and O–H groups in total. The lowest BCUT2D eigenvalue weighted by atomic mass is 10.00. The molecule has 6 heteroatoms. The van der Waals surface area contributed by atoms with Crippen LogP contribution in [0.4, 0.5) is 0 Å². The fraction of sp³-hybridized carbons (Fsp3) is 0.360. The molecule has 0 radical (unpaired) electrons. The Morgan fingerprint density at radius 3 is 2.68 bits per heavy atom. The summed E-state index contributed by atoms with van der Waals surface area (Å²) in [5.41, 5.74) is 4.24. The van der Waals surface area contributed by atoms with Crippen LogP contribution in [0.25, 0.3) is 10.9 Å². The van der Waals surface area contributed by atoms with E-state index in [1.54, 1.807) is 14.2 Å². The summed E-state index contributed by atoms with van der Waals surface area (Å²) >= 11 is 0. The van der Waals surface area contributed by atoms with E-state index in [9.17, 15) is 4.79 Å². The van der Waals surface area contributed by atoms with Crippen LogP contribution in [0.3, 0.4) is 0 Å². The second-order valence-corrected chi connectivity index (χ2v) is 7.80. The third-order valence-corrected chi connectivity index (χ3v) is 6.13. The largest absolute Gasteiger partial charge is 0.497 e. The van der Waals surface area contributed by atoms with E-state index in [1.165, 1.54) is 7.11 Å². The Balaban J connectivity index is 1.74. The Morgan fingerprint density at radius 1 is 1.13 bits per heavy atom. The monoisotopic (exact) mass is 420 g/mol. The molecule has 0 bridgehead atoms. The number of carbonyl (C=O) groups is 1. The fourth-order valence-electron chi connectivity index (χ4n) is 4.58. The molecule has 1 unspecified atom stereocenters. The van der Waals surface area contributed by atoms with Crippen LogP contribution in [0, 0.1) is 6.92 Å². The van der Waals surface area contributed by atoms with Crippen LogP contribution in [0.2, 0.25) is 0 Å². The number of ether oxygens (including phenoxy) is 3. The Morgan fingerprint density at radius 2 is 1.94 bits per heavy atom. The number of hydrogen-bond donors (Lipinski definition) is 0. The lowest BCUT2D eigenvalue weighted by molar-refractivity contribution is 0.0596. The van der Waals surface area contributed by atoms with Gasteiger partial charge in [-0.2, -0.15) is 0 Å². The zero-order valence-electron chi connectivity index (χ0n) is 18.5. The summed E-state index contributed by atoms with van der Waals surface area (Å²) in [7, 11) is 4.75. The van der Waals surface area contributed by atoms with Crippen molar-refractivity contribution in [2.24, 2.45) is 0 Å². The molecule has 3 aromatic rings. The molecular weight excluding hydrogens is 392 g/mol. The van der Waals surface area contributed by atoms with Gasteiger partial charge in [0.15, 0.2) is 0 Å². The number of aromatic nitrogens is 1. The number of likely N-dealkylation sites (tertiary alicyclic amines) is 1. The van der Waals surface area contributed by atoms with Crippen LogP contribution < -0.4 is 9.47 Å². The first-order chi connectivity index (χ1) is 15.1. The molecule has 4 rings (SSSR count). The minimum absolute atomic E-state index is 0.180. The molecule has 0 saturated carbocycles. The number of benzene rings is 2. The highest BCUT2D eigenvalue weighted by atomic mass is 16.5. The molecule has 1 fully saturated rings. The van der Waals surface area contributed by atoms with Gasteiger partial charge in [-0.15, -0.1) is 0 Å². The smallest absolute Gasteiger partial charge is 0.340 e. The highest BCUT2D eigenvalue weighted by Gasteiger charge is 2.31. The molecule has 1 aliphatic heterocycles. The van der Waals surface area contributed by atoms with Crippen LogP contribution in [0.5, 0.6) is 11.5 Å². The van der Waals surface area contributed by atoms with Crippen molar-refractivity contribution in [3.8, 4) is 11.5 Å². The standard InChI is InChI=1S/C25H28N2O4/c1-16-18-8-5-6-9-20(18)26-21(24(16)25(28)31-4)15-27-13-7-10-22(27)19-12-11-17(29-2)14-23(19)30-3/h5-6,8-9,11-12,14,22H,7,10,13,15H2,1-4H3. The van der Waals surface area contributed by atoms with Crippen molar-refractivity contribution >= 4 is 16.9 Å². The molecule has 2 heterocycles. The van der Waals surface area contributed by atoms with Crippen LogP contribution >= 0.6 is 0 Å². The van der Waals surface area contributed by atoms with Crippen molar-refractivity contribution in [1.29, 1.82) is 0 Å². The third-order valence-electron chi connectivity index (χ3n) is 6.13. The van der Waals surface area contributed by atoms with Gasteiger partial charge in [0, 0.05) is 29.6 Å². The summed E-state index contributed by atoms with van der Waals surface area (Å²) in [6.07, 6.45) is 2.09. The van der Waals surface area contributed by atoms with Gasteiger partial charge in [-0.25, -0.2) is 4.79 Å². The highest BCUT2D eigenvalue weighted by molar-refractivity contribution is 5.98. The number of fused-ring (bicyclic) bond motifs is 1. The fourth-order valence-corrected chi connectivity index (χ4v) is 4.58. The molecule has 2 aromatic carbocycles. The SMILES string of the molecule is COC(=O)c1c(CN2CCCC2c2ccc(OC)cc2OC)nc2ccccc2c1C. The minimum atomic E-state index is -0.344. The van der Waals surface area contributed by atoms with Gasteiger partial charge in [0.25, 0.3) is 0 Å². The van der Waals surface area contributed by atoms with Gasteiger partial charge in [0.2, 0.25) is 0 Å². The molecule has 0 amide bonds. The number of aryl methyl sites for hydroxylation is 1. The number of esters is 1. The molecule has 162 valence electrons. The first-order valence-corrected chi connectivity index (χ1v) is 10.5. The molecule has 1 atom stereocenters. The van der Waals surface area contributed by atoms with Crippen LogP contribution in [0.15, 0.2) is 42.5 Å². The average molecular weight is 421 g/mol. The summed E-state index contributed by atoms with van der Waals surface area (Å²) in [5, 5.41) is 0.974. The normalized spacial score (nSPS) is 16.5. The van der Waals surface area contributed by atoms with Gasteiger partial charge in [0.05, 0.1) is 38.1 Å². The quantitative estimate of drug-likeness (QED) is 0.540. The van der Waals surface area contributed by atoms with E-state index in [4.69, 9.17) is 19.2 Å². The topological polar surface area (TPSA) is 60.9 Å². The van der Waals surface area contributed by atoms with E-state index in [2.05, 4.69) is 11.0 Å². The maximum Gasteiger partial charge on any atom is 0.340 e. The van der Waals surface area contributed by atoms with Gasteiger partial charge in [-0.1, -0.05) is 24.3 Å². The summed E-state index contributed by atoms with van der Waals surface area (Å²) in [6.45, 7) is 3.46. The third kappa shape index (κ3) is 3.95. The van der Waals surface area contributed by atoms with Crippen molar-refractivity contribution in [3.63, 3.8) is 0 Å². The van der Waals surface area contributed by atoms with Crippen molar-refractivity contribution in [3.05, 3.63) is 64.8 Å². The summed E-state index contributed by atoms with van der Waals surface area (Å²) < 4.78 is 16.1. The van der Waals surface area contributed by atoms with Gasteiger partial charge >= 0.3 is 5.97 Å². The predicted octanol–water partition coefficient (Wildman–Crippen LogP) is 4.68. The van der Waals surface area contributed by atoms with E-state index in [1.807, 2.05) is 43.3 Å². The number of para-hydroxylation sites is 1. The van der Waals surface area contributed by atoms with Gasteiger partial charge < -0.3 is 14.2 Å². The number of carbonyl (C=O) groups excluding carboxylic acids is 1. The average Bonchev–Trinajstić information content (AvgIpc) is 3.26. The second-order valence-electron chi connectivity index (χ2n) is 7.80. The molecule has 0 spiro atoms. The van der Waals surface area contributed by atoms with Crippen LogP contribution in [-0.2, 0) is 11.3 Å². The number of pyridine rings is 1. The van der Waals surface area contributed by atoms with Crippen molar-refractivity contribution in [2.75, 3.05) is 27.9 Å². The number of methoxy groups -OCH3 is 3. The molecule has 31 heavy (non-hydrogen) atoms. The van der Waals surface area contributed by atoms with Crippen LogP contribution in [0.1, 0.15) is 46.1 Å². The highest BCUT2D eigenvalue weighted by Crippen LogP contribution is 2.40. The lowest BCUT2D eigenvalue weighted by Crippen LogP contribution is -2.25. The number of nitrogens with zero attached hydrogens (tertiary/aromatic N) is 2. The predicted molar refractivity (Wildman–Crippen MR) is 120 cm³/mol. The van der Waals surface area contributed by atoms with Crippen LogP contribution in [-0.4, -0.2) is 43.7 Å². The molecule has 1 aromatic heterocycles. The lowest BCUT2D eigenvalue weighted by Gasteiger charge is -2.27.